The van der Waals surface area contributed by atoms with Crippen molar-refractivity contribution in [2.24, 2.45) is 0 Å². The SMILES string of the molecule is ClCCC1CCCCN1c1cccnn1. The van der Waals surface area contributed by atoms with Crippen LogP contribution in [0.25, 0.3) is 0 Å². The van der Waals surface area contributed by atoms with Gasteiger partial charge in [0, 0.05) is 24.7 Å². The van der Waals surface area contributed by atoms with Crippen LogP contribution in [0.3, 0.4) is 0 Å². The zero-order valence-corrected chi connectivity index (χ0v) is 9.53. The van der Waals surface area contributed by atoms with Gasteiger partial charge in [0.25, 0.3) is 0 Å². The number of nitrogens with zero attached hydrogens (tertiary/aromatic N) is 3. The first-order valence-corrected chi connectivity index (χ1v) is 6.05. The van der Waals surface area contributed by atoms with Crippen LogP contribution >= 0.6 is 11.6 Å². The molecule has 1 fully saturated rings. The molecule has 1 saturated heterocycles. The summed E-state index contributed by atoms with van der Waals surface area (Å²) in [5, 5.41) is 8.10. The number of aromatic nitrogens is 2. The number of anilines is 1. The topological polar surface area (TPSA) is 29.0 Å². The lowest BCUT2D eigenvalue weighted by Gasteiger charge is -2.36. The molecule has 0 spiro atoms. The Morgan fingerprint density at radius 1 is 1.47 bits per heavy atom. The van der Waals surface area contributed by atoms with Crippen LogP contribution in [0.4, 0.5) is 5.82 Å². The fourth-order valence-corrected chi connectivity index (χ4v) is 2.43. The molecule has 1 aliphatic heterocycles. The molecule has 2 heterocycles. The molecule has 0 bridgehead atoms. The number of piperidine rings is 1. The molecule has 1 aromatic rings. The molecule has 0 amide bonds. The van der Waals surface area contributed by atoms with E-state index >= 15 is 0 Å². The van der Waals surface area contributed by atoms with E-state index in [0.717, 1.165) is 24.7 Å². The number of alkyl halides is 1. The number of hydrogen-bond donors (Lipinski definition) is 0. The van der Waals surface area contributed by atoms with E-state index in [1.807, 2.05) is 12.1 Å². The molecule has 3 nitrogen and oxygen atoms in total. The summed E-state index contributed by atoms with van der Waals surface area (Å²) in [7, 11) is 0. The largest absolute Gasteiger partial charge is 0.352 e. The lowest BCUT2D eigenvalue weighted by Crippen LogP contribution is -2.40. The Hall–Kier alpha value is -0.830. The average Bonchev–Trinajstić information content (AvgIpc) is 2.31. The molecule has 0 N–H and O–H groups in total. The van der Waals surface area contributed by atoms with Gasteiger partial charge in [0.15, 0.2) is 5.82 Å². The van der Waals surface area contributed by atoms with Crippen molar-refractivity contribution in [2.45, 2.75) is 31.7 Å². The third-order valence-corrected chi connectivity index (χ3v) is 3.14. The van der Waals surface area contributed by atoms with Crippen LogP contribution in [0.2, 0.25) is 0 Å². The van der Waals surface area contributed by atoms with Gasteiger partial charge in [-0.25, -0.2) is 0 Å². The quantitative estimate of drug-likeness (QED) is 0.740. The van der Waals surface area contributed by atoms with E-state index in [-0.39, 0.29) is 0 Å². The first-order valence-electron chi connectivity index (χ1n) is 5.52. The van der Waals surface area contributed by atoms with E-state index in [0.29, 0.717) is 6.04 Å². The smallest absolute Gasteiger partial charge is 0.151 e. The highest BCUT2D eigenvalue weighted by molar-refractivity contribution is 6.17. The highest BCUT2D eigenvalue weighted by Crippen LogP contribution is 2.24. The van der Waals surface area contributed by atoms with Gasteiger partial charge in [-0.15, -0.1) is 16.7 Å². The van der Waals surface area contributed by atoms with Crippen molar-refractivity contribution in [3.05, 3.63) is 18.3 Å². The molecule has 1 unspecified atom stereocenters. The second-order valence-corrected chi connectivity index (χ2v) is 4.28. The van der Waals surface area contributed by atoms with Crippen LogP contribution in [-0.2, 0) is 0 Å². The normalized spacial score (nSPS) is 21.7. The molecule has 0 radical (unpaired) electrons. The summed E-state index contributed by atoms with van der Waals surface area (Å²) in [4.78, 5) is 2.35. The first kappa shape index (κ1) is 10.7. The molecule has 0 saturated carbocycles. The van der Waals surface area contributed by atoms with Gasteiger partial charge in [-0.1, -0.05) is 0 Å². The van der Waals surface area contributed by atoms with Crippen LogP contribution in [0.5, 0.6) is 0 Å². The third-order valence-electron chi connectivity index (χ3n) is 2.92. The minimum Gasteiger partial charge on any atom is -0.352 e. The second kappa shape index (κ2) is 5.31. The van der Waals surface area contributed by atoms with Crippen molar-refractivity contribution >= 4 is 17.4 Å². The van der Waals surface area contributed by atoms with Crippen LogP contribution in [0, 0.1) is 0 Å². The molecule has 1 aliphatic rings. The molecular weight excluding hydrogens is 210 g/mol. The van der Waals surface area contributed by atoms with Gasteiger partial charge >= 0.3 is 0 Å². The monoisotopic (exact) mass is 225 g/mol. The van der Waals surface area contributed by atoms with Gasteiger partial charge in [-0.05, 0) is 37.8 Å². The summed E-state index contributed by atoms with van der Waals surface area (Å²) in [5.41, 5.74) is 0. The van der Waals surface area contributed by atoms with E-state index in [1.54, 1.807) is 6.20 Å². The summed E-state index contributed by atoms with van der Waals surface area (Å²) in [6.45, 7) is 1.08. The van der Waals surface area contributed by atoms with E-state index < -0.39 is 0 Å². The van der Waals surface area contributed by atoms with E-state index in [9.17, 15) is 0 Å². The first-order chi connectivity index (χ1) is 7.42. The van der Waals surface area contributed by atoms with E-state index in [4.69, 9.17) is 11.6 Å². The van der Waals surface area contributed by atoms with Crippen LogP contribution in [0.1, 0.15) is 25.7 Å². The molecule has 82 valence electrons. The van der Waals surface area contributed by atoms with Crippen molar-refractivity contribution in [3.8, 4) is 0 Å². The highest BCUT2D eigenvalue weighted by atomic mass is 35.5. The van der Waals surface area contributed by atoms with Crippen LogP contribution < -0.4 is 4.90 Å². The van der Waals surface area contributed by atoms with Gasteiger partial charge in [-0.3, -0.25) is 0 Å². The molecule has 0 aromatic carbocycles. The van der Waals surface area contributed by atoms with Gasteiger partial charge in [-0.2, -0.15) is 5.10 Å². The Balaban J connectivity index is 2.11. The zero-order chi connectivity index (χ0) is 10.5. The molecule has 1 aromatic heterocycles. The summed E-state index contributed by atoms with van der Waals surface area (Å²) in [6.07, 6.45) is 6.53. The molecular formula is C11H16ClN3. The molecule has 1 atom stereocenters. The van der Waals surface area contributed by atoms with Gasteiger partial charge in [0.1, 0.15) is 0 Å². The van der Waals surface area contributed by atoms with E-state index in [1.165, 1.54) is 19.3 Å². The predicted molar refractivity (Wildman–Crippen MR) is 62.4 cm³/mol. The minimum absolute atomic E-state index is 0.549. The Morgan fingerprint density at radius 3 is 3.13 bits per heavy atom. The number of hydrogen-bond acceptors (Lipinski definition) is 3. The Bertz CT molecular complexity index is 289. The number of halogens is 1. The maximum atomic E-state index is 5.82. The van der Waals surface area contributed by atoms with Crippen molar-refractivity contribution in [1.29, 1.82) is 0 Å². The van der Waals surface area contributed by atoms with Crippen LogP contribution in [0.15, 0.2) is 18.3 Å². The molecule has 2 rings (SSSR count). The van der Waals surface area contributed by atoms with Crippen molar-refractivity contribution in [1.82, 2.24) is 10.2 Å². The van der Waals surface area contributed by atoms with E-state index in [2.05, 4.69) is 15.1 Å². The lowest BCUT2D eigenvalue weighted by atomic mass is 10.00. The Labute approximate surface area is 95.5 Å². The van der Waals surface area contributed by atoms with Crippen LogP contribution in [-0.4, -0.2) is 28.7 Å². The molecule has 15 heavy (non-hydrogen) atoms. The van der Waals surface area contributed by atoms with Gasteiger partial charge in [0.2, 0.25) is 0 Å². The molecule has 4 heteroatoms. The minimum atomic E-state index is 0.549. The standard InChI is InChI=1S/C11H16ClN3/c12-7-6-10-4-1-2-9-15(10)11-5-3-8-13-14-11/h3,5,8,10H,1-2,4,6-7,9H2. The van der Waals surface area contributed by atoms with Gasteiger partial charge in [0.05, 0.1) is 0 Å². The summed E-state index contributed by atoms with van der Waals surface area (Å²) >= 11 is 5.82. The number of rotatable bonds is 3. The fourth-order valence-electron chi connectivity index (χ4n) is 2.17. The maximum absolute atomic E-state index is 5.82. The predicted octanol–water partition coefficient (Wildman–Crippen LogP) is 2.46. The highest BCUT2D eigenvalue weighted by Gasteiger charge is 2.22. The fraction of sp³-hybridized carbons (Fsp3) is 0.636. The second-order valence-electron chi connectivity index (χ2n) is 3.90. The molecule has 0 aliphatic carbocycles. The lowest BCUT2D eigenvalue weighted by molar-refractivity contribution is 0.447. The summed E-state index contributed by atoms with van der Waals surface area (Å²) in [5.74, 6) is 1.72. The third kappa shape index (κ3) is 2.59. The van der Waals surface area contributed by atoms with Gasteiger partial charge < -0.3 is 4.90 Å². The summed E-state index contributed by atoms with van der Waals surface area (Å²) in [6, 6.07) is 4.52. The zero-order valence-electron chi connectivity index (χ0n) is 8.77. The Kier molecular flexibility index (Phi) is 3.78. The Morgan fingerprint density at radius 2 is 2.40 bits per heavy atom. The van der Waals surface area contributed by atoms with Crippen molar-refractivity contribution in [2.75, 3.05) is 17.3 Å². The maximum Gasteiger partial charge on any atom is 0.151 e. The van der Waals surface area contributed by atoms with Crippen molar-refractivity contribution < 1.29 is 0 Å². The average molecular weight is 226 g/mol. The van der Waals surface area contributed by atoms with Crippen molar-refractivity contribution in [3.63, 3.8) is 0 Å². The summed E-state index contributed by atoms with van der Waals surface area (Å²) < 4.78 is 0.